The molecule has 3 aromatic rings. The molecular weight excluding hydrogens is 384 g/mol. The normalized spacial score (nSPS) is 22.4. The Bertz CT molecular complexity index is 1010. The van der Waals surface area contributed by atoms with Gasteiger partial charge in [-0.05, 0) is 50.8 Å². The number of aliphatic hydroxyl groups excluding tert-OH is 1. The number of piperidine rings is 1. The molecule has 1 aromatic carbocycles. The van der Waals surface area contributed by atoms with Crippen molar-refractivity contribution in [3.05, 3.63) is 29.8 Å². The highest BCUT2D eigenvalue weighted by atomic mass is 32.1. The Kier molecular flexibility index (Phi) is 4.97. The van der Waals surface area contributed by atoms with Gasteiger partial charge in [0, 0.05) is 37.1 Å². The van der Waals surface area contributed by atoms with Gasteiger partial charge in [0.2, 0.25) is 5.95 Å². The molecular formula is C21H26N6OS. The van der Waals surface area contributed by atoms with Crippen molar-refractivity contribution in [3.63, 3.8) is 0 Å². The molecule has 0 spiro atoms. The molecule has 8 heteroatoms. The number of thiazole rings is 1. The number of hydrogen-bond donors (Lipinski definition) is 2. The Morgan fingerprint density at radius 1 is 1.17 bits per heavy atom. The molecule has 0 bridgehead atoms. The van der Waals surface area contributed by atoms with Gasteiger partial charge in [-0.3, -0.25) is 0 Å². The van der Waals surface area contributed by atoms with Crippen LogP contribution in [-0.2, 0) is 0 Å². The monoisotopic (exact) mass is 410 g/mol. The van der Waals surface area contributed by atoms with Gasteiger partial charge in [0.1, 0.15) is 5.52 Å². The zero-order chi connectivity index (χ0) is 19.8. The minimum atomic E-state index is -0.319. The van der Waals surface area contributed by atoms with Crippen LogP contribution in [-0.4, -0.2) is 51.8 Å². The molecule has 0 amide bonds. The summed E-state index contributed by atoms with van der Waals surface area (Å²) in [6, 6.07) is 9.09. The molecule has 2 unspecified atom stereocenters. The molecule has 2 atom stereocenters. The number of nitrogens with zero attached hydrogens (tertiary/aromatic N) is 5. The lowest BCUT2D eigenvalue weighted by Crippen LogP contribution is -2.39. The first-order chi connectivity index (χ1) is 14.2. The van der Waals surface area contributed by atoms with Crippen molar-refractivity contribution >= 4 is 44.8 Å². The Morgan fingerprint density at radius 3 is 2.90 bits per heavy atom. The van der Waals surface area contributed by atoms with E-state index in [0.29, 0.717) is 18.5 Å². The third-order valence-electron chi connectivity index (χ3n) is 5.86. The zero-order valence-corrected chi connectivity index (χ0v) is 17.4. The highest BCUT2D eigenvalue weighted by Crippen LogP contribution is 2.31. The molecule has 7 nitrogen and oxygen atoms in total. The molecule has 2 aromatic heterocycles. The van der Waals surface area contributed by atoms with Crippen LogP contribution < -0.4 is 15.1 Å². The van der Waals surface area contributed by atoms with E-state index in [1.165, 1.54) is 29.9 Å². The van der Waals surface area contributed by atoms with Crippen molar-refractivity contribution in [1.29, 1.82) is 0 Å². The summed E-state index contributed by atoms with van der Waals surface area (Å²) in [6.07, 6.45) is 3.96. The maximum absolute atomic E-state index is 10.0. The van der Waals surface area contributed by atoms with Crippen LogP contribution in [0, 0.1) is 0 Å². The maximum atomic E-state index is 10.0. The minimum absolute atomic E-state index is 0.319. The molecule has 2 aliphatic rings. The molecule has 5 rings (SSSR count). The summed E-state index contributed by atoms with van der Waals surface area (Å²) < 4.78 is 0. The standard InChI is InChI=1S/C21H26N6OS/c1-14-5-3-10-27(14)16-7-2-6-15(11-16)23-19-18-20(29-13-22-18)25-21(24-19)26-9-4-8-17(28)12-26/h2,6-7,11,13-14,17,28H,3-5,8-10,12H2,1H3,(H,23,24,25). The van der Waals surface area contributed by atoms with Crippen LogP contribution in [0.25, 0.3) is 10.3 Å². The van der Waals surface area contributed by atoms with Crippen molar-refractivity contribution < 1.29 is 5.11 Å². The first-order valence-corrected chi connectivity index (χ1v) is 11.2. The van der Waals surface area contributed by atoms with Crippen molar-refractivity contribution in [3.8, 4) is 0 Å². The quantitative estimate of drug-likeness (QED) is 0.678. The summed E-state index contributed by atoms with van der Waals surface area (Å²) in [5.41, 5.74) is 4.83. The van der Waals surface area contributed by atoms with E-state index in [1.54, 1.807) is 0 Å². The topological polar surface area (TPSA) is 77.4 Å². The third kappa shape index (κ3) is 3.74. The number of hydrogen-bond acceptors (Lipinski definition) is 8. The Morgan fingerprint density at radius 2 is 2.07 bits per heavy atom. The maximum Gasteiger partial charge on any atom is 0.228 e. The van der Waals surface area contributed by atoms with E-state index in [4.69, 9.17) is 9.97 Å². The van der Waals surface area contributed by atoms with Gasteiger partial charge < -0.3 is 20.2 Å². The second-order valence-corrected chi connectivity index (χ2v) is 8.81. The van der Waals surface area contributed by atoms with Crippen LogP contribution >= 0.6 is 11.3 Å². The summed E-state index contributed by atoms with van der Waals surface area (Å²) in [4.78, 5) is 19.4. The smallest absolute Gasteiger partial charge is 0.228 e. The fourth-order valence-corrected chi connectivity index (χ4v) is 4.98. The number of rotatable bonds is 4. The van der Waals surface area contributed by atoms with Gasteiger partial charge in [-0.15, -0.1) is 11.3 Å². The molecule has 4 heterocycles. The predicted octanol–water partition coefficient (Wildman–Crippen LogP) is 3.78. The zero-order valence-electron chi connectivity index (χ0n) is 16.6. The summed E-state index contributed by atoms with van der Waals surface area (Å²) in [6.45, 7) is 4.83. The van der Waals surface area contributed by atoms with Crippen LogP contribution in [0.4, 0.5) is 23.1 Å². The predicted molar refractivity (Wildman–Crippen MR) is 118 cm³/mol. The van der Waals surface area contributed by atoms with Crippen LogP contribution in [0.1, 0.15) is 32.6 Å². The summed E-state index contributed by atoms with van der Waals surface area (Å²) in [7, 11) is 0. The first kappa shape index (κ1) is 18.6. The van der Waals surface area contributed by atoms with Gasteiger partial charge in [0.15, 0.2) is 10.6 Å². The average Bonchev–Trinajstić information content (AvgIpc) is 3.37. The van der Waals surface area contributed by atoms with E-state index in [2.05, 4.69) is 51.3 Å². The number of β-amino-alcohol motifs (C(OH)–C–C–N with tert-alkyl or cyclic N) is 1. The van der Waals surface area contributed by atoms with E-state index in [9.17, 15) is 5.11 Å². The van der Waals surface area contributed by atoms with E-state index in [-0.39, 0.29) is 6.10 Å². The van der Waals surface area contributed by atoms with Crippen LogP contribution in [0.3, 0.4) is 0 Å². The summed E-state index contributed by atoms with van der Waals surface area (Å²) in [5, 5.41) is 13.5. The molecule has 2 N–H and O–H groups in total. The van der Waals surface area contributed by atoms with Gasteiger partial charge in [-0.25, -0.2) is 4.98 Å². The minimum Gasteiger partial charge on any atom is -0.391 e. The molecule has 0 saturated carbocycles. The Hall–Kier alpha value is -2.45. The molecule has 29 heavy (non-hydrogen) atoms. The molecule has 2 aliphatic heterocycles. The second kappa shape index (κ2) is 7.76. The lowest BCUT2D eigenvalue weighted by molar-refractivity contribution is 0.153. The van der Waals surface area contributed by atoms with Gasteiger partial charge in [-0.1, -0.05) is 6.07 Å². The van der Waals surface area contributed by atoms with E-state index in [0.717, 1.165) is 47.8 Å². The lowest BCUT2D eigenvalue weighted by atomic mass is 10.1. The van der Waals surface area contributed by atoms with Crippen LogP contribution in [0.15, 0.2) is 29.8 Å². The van der Waals surface area contributed by atoms with E-state index < -0.39 is 0 Å². The molecule has 0 aliphatic carbocycles. The molecule has 0 radical (unpaired) electrons. The molecule has 2 saturated heterocycles. The molecule has 2 fully saturated rings. The number of benzene rings is 1. The fourth-order valence-electron chi connectivity index (χ4n) is 4.33. The number of nitrogens with one attached hydrogen (secondary N) is 1. The van der Waals surface area contributed by atoms with Crippen molar-refractivity contribution in [2.24, 2.45) is 0 Å². The van der Waals surface area contributed by atoms with Crippen LogP contribution in [0.2, 0.25) is 0 Å². The van der Waals surface area contributed by atoms with Crippen molar-refractivity contribution in [1.82, 2.24) is 15.0 Å². The highest BCUT2D eigenvalue weighted by Gasteiger charge is 2.23. The second-order valence-electron chi connectivity index (χ2n) is 7.98. The SMILES string of the molecule is CC1CCCN1c1cccc(Nc2nc(N3CCCC(O)C3)nc3scnc23)c1. The van der Waals surface area contributed by atoms with E-state index >= 15 is 0 Å². The fraction of sp³-hybridized carbons (Fsp3) is 0.476. The van der Waals surface area contributed by atoms with Gasteiger partial charge in [0.05, 0.1) is 11.6 Å². The third-order valence-corrected chi connectivity index (χ3v) is 6.58. The van der Waals surface area contributed by atoms with Gasteiger partial charge in [0.25, 0.3) is 0 Å². The van der Waals surface area contributed by atoms with E-state index in [1.807, 2.05) is 5.51 Å². The number of aliphatic hydroxyl groups is 1. The van der Waals surface area contributed by atoms with Crippen molar-refractivity contribution in [2.75, 3.05) is 34.8 Å². The van der Waals surface area contributed by atoms with Crippen LogP contribution in [0.5, 0.6) is 0 Å². The number of anilines is 4. The summed E-state index contributed by atoms with van der Waals surface area (Å²) in [5.74, 6) is 1.38. The van der Waals surface area contributed by atoms with Crippen molar-refractivity contribution in [2.45, 2.75) is 44.8 Å². The average molecular weight is 411 g/mol. The number of fused-ring (bicyclic) bond motifs is 1. The van der Waals surface area contributed by atoms with Gasteiger partial charge in [-0.2, -0.15) is 9.97 Å². The largest absolute Gasteiger partial charge is 0.391 e. The Balaban J connectivity index is 1.46. The Labute approximate surface area is 174 Å². The molecule has 152 valence electrons. The lowest BCUT2D eigenvalue weighted by Gasteiger charge is -2.30. The number of aromatic nitrogens is 3. The first-order valence-electron chi connectivity index (χ1n) is 10.4. The van der Waals surface area contributed by atoms with Gasteiger partial charge >= 0.3 is 0 Å². The summed E-state index contributed by atoms with van der Waals surface area (Å²) >= 11 is 1.52. The highest BCUT2D eigenvalue weighted by molar-refractivity contribution is 7.16.